The van der Waals surface area contributed by atoms with E-state index in [4.69, 9.17) is 19.3 Å². The standard InChI is InChI=1S/C17H34O.C10H18O3/c1-2-3-4-5-6-7-8-9-10-11-12-13-14-15-16-17-18;1-3-7-11-9(5-1)13-10-6-2-4-8-12-10/h6-7,18H,2-5,8-17H2,1H3;9-10H,1-8H2/b7-6-;. The summed E-state index contributed by atoms with van der Waals surface area (Å²) >= 11 is 0. The van der Waals surface area contributed by atoms with Crippen LogP contribution in [0.2, 0.25) is 0 Å². The van der Waals surface area contributed by atoms with E-state index in [0.29, 0.717) is 6.61 Å². The number of unbranched alkanes of at least 4 members (excludes halogenated alkanes) is 11. The molecule has 0 aromatic heterocycles. The van der Waals surface area contributed by atoms with Gasteiger partial charge in [-0.1, -0.05) is 70.4 Å². The monoisotopic (exact) mass is 440 g/mol. The SMILES string of the molecule is C1CCC(OC2CCCCO2)OC1.CCCCC/C=C\CCCCCCCCCCO. The highest BCUT2D eigenvalue weighted by molar-refractivity contribution is 4.81. The molecule has 2 rings (SSSR count). The molecule has 1 N–H and O–H groups in total. The zero-order valence-electron chi connectivity index (χ0n) is 20.5. The molecule has 4 heteroatoms. The van der Waals surface area contributed by atoms with Gasteiger partial charge in [0.05, 0.1) is 0 Å². The van der Waals surface area contributed by atoms with E-state index in [1.54, 1.807) is 0 Å². The van der Waals surface area contributed by atoms with Gasteiger partial charge in [0.15, 0.2) is 12.6 Å². The molecule has 0 bridgehead atoms. The molecule has 2 aliphatic rings. The summed E-state index contributed by atoms with van der Waals surface area (Å²) in [5.74, 6) is 0. The lowest BCUT2D eigenvalue weighted by Gasteiger charge is -2.29. The van der Waals surface area contributed by atoms with E-state index >= 15 is 0 Å². The van der Waals surface area contributed by atoms with E-state index in [9.17, 15) is 0 Å². The Morgan fingerprint density at radius 1 is 0.677 bits per heavy atom. The molecule has 4 nitrogen and oxygen atoms in total. The van der Waals surface area contributed by atoms with Gasteiger partial charge in [-0.2, -0.15) is 0 Å². The quantitative estimate of drug-likeness (QED) is 0.197. The normalized spacial score (nSPS) is 21.7. The third-order valence-corrected chi connectivity index (χ3v) is 6.00. The second kappa shape index (κ2) is 22.8. The first kappa shape index (κ1) is 28.6. The minimum atomic E-state index is -0.00292. The summed E-state index contributed by atoms with van der Waals surface area (Å²) in [6.45, 7) is 4.31. The van der Waals surface area contributed by atoms with Crippen molar-refractivity contribution < 1.29 is 19.3 Å². The molecule has 2 saturated heterocycles. The Hall–Kier alpha value is -0.420. The molecule has 2 aliphatic heterocycles. The van der Waals surface area contributed by atoms with E-state index in [1.165, 1.54) is 103 Å². The summed E-state index contributed by atoms with van der Waals surface area (Å²) in [5, 5.41) is 8.65. The van der Waals surface area contributed by atoms with Crippen molar-refractivity contribution in [3.05, 3.63) is 12.2 Å². The van der Waals surface area contributed by atoms with Crippen LogP contribution in [0.15, 0.2) is 12.2 Å². The average molecular weight is 441 g/mol. The molecule has 2 fully saturated rings. The van der Waals surface area contributed by atoms with Crippen molar-refractivity contribution in [2.45, 2.75) is 141 Å². The summed E-state index contributed by atoms with van der Waals surface area (Å²) in [6, 6.07) is 0. The first-order valence-corrected chi connectivity index (χ1v) is 13.5. The lowest BCUT2D eigenvalue weighted by Crippen LogP contribution is -2.31. The van der Waals surface area contributed by atoms with Crippen molar-refractivity contribution in [3.8, 4) is 0 Å². The fourth-order valence-electron chi connectivity index (χ4n) is 3.99. The molecule has 0 aliphatic carbocycles. The second-order valence-corrected chi connectivity index (χ2v) is 9.04. The second-order valence-electron chi connectivity index (χ2n) is 9.04. The molecule has 0 saturated carbocycles. The Balaban J connectivity index is 0.000000323. The molecule has 0 radical (unpaired) electrons. The van der Waals surface area contributed by atoms with E-state index in [2.05, 4.69) is 19.1 Å². The van der Waals surface area contributed by atoms with Crippen LogP contribution in [0, 0.1) is 0 Å². The van der Waals surface area contributed by atoms with Crippen LogP contribution in [0.25, 0.3) is 0 Å². The van der Waals surface area contributed by atoms with Crippen LogP contribution in [0.4, 0.5) is 0 Å². The Labute approximate surface area is 193 Å². The van der Waals surface area contributed by atoms with Crippen molar-refractivity contribution in [3.63, 3.8) is 0 Å². The molecule has 0 amide bonds. The molecule has 2 unspecified atom stereocenters. The molecule has 2 heterocycles. The van der Waals surface area contributed by atoms with Crippen LogP contribution < -0.4 is 0 Å². The lowest BCUT2D eigenvalue weighted by atomic mass is 10.1. The highest BCUT2D eigenvalue weighted by Crippen LogP contribution is 2.20. The fourth-order valence-corrected chi connectivity index (χ4v) is 3.99. The van der Waals surface area contributed by atoms with Crippen molar-refractivity contribution >= 4 is 0 Å². The highest BCUT2D eigenvalue weighted by atomic mass is 16.8. The zero-order chi connectivity index (χ0) is 22.2. The van der Waals surface area contributed by atoms with E-state index in [-0.39, 0.29) is 12.6 Å². The maximum atomic E-state index is 8.65. The molecule has 0 spiro atoms. The fraction of sp³-hybridized carbons (Fsp3) is 0.926. The Morgan fingerprint density at radius 3 is 1.61 bits per heavy atom. The number of ether oxygens (including phenoxy) is 3. The van der Waals surface area contributed by atoms with Crippen LogP contribution in [0.1, 0.15) is 129 Å². The van der Waals surface area contributed by atoms with Gasteiger partial charge in [-0.15, -0.1) is 0 Å². The number of aliphatic hydroxyl groups excluding tert-OH is 1. The van der Waals surface area contributed by atoms with Crippen molar-refractivity contribution in [2.24, 2.45) is 0 Å². The molecule has 2 atom stereocenters. The van der Waals surface area contributed by atoms with E-state index < -0.39 is 0 Å². The number of hydrogen-bond donors (Lipinski definition) is 1. The molecular formula is C27H52O4. The van der Waals surface area contributed by atoms with Gasteiger partial charge in [0.25, 0.3) is 0 Å². The van der Waals surface area contributed by atoms with Crippen LogP contribution >= 0.6 is 0 Å². The molecular weight excluding hydrogens is 388 g/mol. The predicted octanol–water partition coefficient (Wildman–Crippen LogP) is 7.68. The average Bonchev–Trinajstić information content (AvgIpc) is 2.81. The maximum Gasteiger partial charge on any atom is 0.160 e. The van der Waals surface area contributed by atoms with E-state index in [1.807, 2.05) is 0 Å². The minimum Gasteiger partial charge on any atom is -0.396 e. The van der Waals surface area contributed by atoms with Gasteiger partial charge in [0.2, 0.25) is 0 Å². The van der Waals surface area contributed by atoms with Gasteiger partial charge in [-0.05, 0) is 70.6 Å². The minimum absolute atomic E-state index is 0.00292. The topological polar surface area (TPSA) is 47.9 Å². The summed E-state index contributed by atoms with van der Waals surface area (Å²) in [5.41, 5.74) is 0. The number of rotatable bonds is 16. The summed E-state index contributed by atoms with van der Waals surface area (Å²) in [6.07, 6.45) is 28.6. The Bertz CT molecular complexity index is 357. The third kappa shape index (κ3) is 18.8. The van der Waals surface area contributed by atoms with Gasteiger partial charge >= 0.3 is 0 Å². The smallest absolute Gasteiger partial charge is 0.160 e. The summed E-state index contributed by atoms with van der Waals surface area (Å²) in [4.78, 5) is 0. The van der Waals surface area contributed by atoms with Gasteiger partial charge in [-0.3, -0.25) is 0 Å². The summed E-state index contributed by atoms with van der Waals surface area (Å²) < 4.78 is 16.6. The van der Waals surface area contributed by atoms with Crippen molar-refractivity contribution in [1.82, 2.24) is 0 Å². The zero-order valence-corrected chi connectivity index (χ0v) is 20.5. The third-order valence-electron chi connectivity index (χ3n) is 6.00. The van der Waals surface area contributed by atoms with E-state index in [0.717, 1.165) is 32.5 Å². The molecule has 184 valence electrons. The van der Waals surface area contributed by atoms with Crippen molar-refractivity contribution in [1.29, 1.82) is 0 Å². The first-order valence-electron chi connectivity index (χ1n) is 13.5. The number of hydrogen-bond acceptors (Lipinski definition) is 4. The lowest BCUT2D eigenvalue weighted by molar-refractivity contribution is -0.264. The highest BCUT2D eigenvalue weighted by Gasteiger charge is 2.21. The number of allylic oxidation sites excluding steroid dienone is 2. The maximum absolute atomic E-state index is 8.65. The van der Waals surface area contributed by atoms with Crippen molar-refractivity contribution in [2.75, 3.05) is 19.8 Å². The molecule has 0 aromatic rings. The van der Waals surface area contributed by atoms with Crippen LogP contribution in [-0.4, -0.2) is 37.5 Å². The van der Waals surface area contributed by atoms with Gasteiger partial charge in [-0.25, -0.2) is 0 Å². The largest absolute Gasteiger partial charge is 0.396 e. The Morgan fingerprint density at radius 2 is 1.16 bits per heavy atom. The first-order chi connectivity index (χ1) is 15.4. The summed E-state index contributed by atoms with van der Waals surface area (Å²) in [7, 11) is 0. The van der Waals surface area contributed by atoms with Gasteiger partial charge < -0.3 is 19.3 Å². The number of aliphatic hydroxyl groups is 1. The predicted molar refractivity (Wildman–Crippen MR) is 130 cm³/mol. The van der Waals surface area contributed by atoms with Crippen LogP contribution in [0.5, 0.6) is 0 Å². The van der Waals surface area contributed by atoms with Crippen LogP contribution in [-0.2, 0) is 14.2 Å². The van der Waals surface area contributed by atoms with Crippen LogP contribution in [0.3, 0.4) is 0 Å². The molecule has 31 heavy (non-hydrogen) atoms. The van der Waals surface area contributed by atoms with Gasteiger partial charge in [0.1, 0.15) is 0 Å². The van der Waals surface area contributed by atoms with Gasteiger partial charge in [0, 0.05) is 19.8 Å². The molecule has 0 aromatic carbocycles. The Kier molecular flexibility index (Phi) is 21.0.